The minimum atomic E-state index is -0.162. The van der Waals surface area contributed by atoms with Crippen molar-refractivity contribution in [3.8, 4) is 56.3 Å². The summed E-state index contributed by atoms with van der Waals surface area (Å²) in [5.41, 5.74) is 12.1. The number of benzene rings is 6. The van der Waals surface area contributed by atoms with Gasteiger partial charge in [0.1, 0.15) is 11.6 Å². The predicted octanol–water partition coefficient (Wildman–Crippen LogP) is 11.1. The zero-order chi connectivity index (χ0) is 33.4. The molecule has 8 aromatic rings. The van der Waals surface area contributed by atoms with Gasteiger partial charge in [0.05, 0.1) is 22.3 Å². The van der Waals surface area contributed by atoms with Crippen LogP contribution < -0.4 is 0 Å². The van der Waals surface area contributed by atoms with Crippen molar-refractivity contribution in [3.63, 3.8) is 0 Å². The lowest BCUT2D eigenvalue weighted by Crippen LogP contribution is -2.18. The van der Waals surface area contributed by atoms with Crippen molar-refractivity contribution in [3.05, 3.63) is 181 Å². The Kier molecular flexibility index (Phi) is 7.62. The van der Waals surface area contributed by atoms with Crippen molar-refractivity contribution in [2.45, 2.75) is 19.3 Å². The first kappa shape index (κ1) is 30.1. The summed E-state index contributed by atoms with van der Waals surface area (Å²) < 4.78 is 2.15. The summed E-state index contributed by atoms with van der Waals surface area (Å²) in [6, 6.07) is 56.1. The van der Waals surface area contributed by atoms with Crippen molar-refractivity contribution < 1.29 is 5.11 Å². The molecule has 0 fully saturated rings. The fourth-order valence-electron chi connectivity index (χ4n) is 6.73. The first-order valence-electron chi connectivity index (χ1n) is 16.6. The summed E-state index contributed by atoms with van der Waals surface area (Å²) in [5, 5.41) is 11.0. The van der Waals surface area contributed by atoms with E-state index in [0.29, 0.717) is 11.4 Å². The minimum absolute atomic E-state index is 0.162. The van der Waals surface area contributed by atoms with Gasteiger partial charge < -0.3 is 5.11 Å². The molecule has 2 heterocycles. The average Bonchev–Trinajstić information content (AvgIpc) is 3.55. The van der Waals surface area contributed by atoms with Crippen LogP contribution in [0, 0.1) is 0 Å². The summed E-state index contributed by atoms with van der Waals surface area (Å²) in [6.45, 7) is 4.51. The second kappa shape index (κ2) is 12.4. The van der Waals surface area contributed by atoms with Crippen LogP contribution >= 0.6 is 0 Å². The number of para-hydroxylation sites is 2. The molecular formula is C45H35N3O. The van der Waals surface area contributed by atoms with Crippen LogP contribution in [0.4, 0.5) is 0 Å². The average molecular weight is 634 g/mol. The Hall–Kier alpha value is -6.26. The van der Waals surface area contributed by atoms with Crippen molar-refractivity contribution in [1.82, 2.24) is 14.5 Å². The number of fused-ring (bicyclic) bond motifs is 1. The van der Waals surface area contributed by atoms with Gasteiger partial charge in [-0.05, 0) is 76.3 Å². The molecule has 1 N–H and O–H groups in total. The lowest BCUT2D eigenvalue weighted by Gasteiger charge is -2.26. The molecule has 0 saturated heterocycles. The van der Waals surface area contributed by atoms with E-state index in [1.807, 2.05) is 36.5 Å². The highest BCUT2D eigenvalue weighted by Crippen LogP contribution is 2.39. The fourth-order valence-corrected chi connectivity index (χ4v) is 6.73. The summed E-state index contributed by atoms with van der Waals surface area (Å²) in [6.07, 6.45) is 1.87. The van der Waals surface area contributed by atoms with Gasteiger partial charge in [-0.1, -0.05) is 129 Å². The number of phenolic OH excluding ortho intramolecular Hbond substituents is 1. The van der Waals surface area contributed by atoms with Gasteiger partial charge >= 0.3 is 0 Å². The van der Waals surface area contributed by atoms with Gasteiger partial charge in [0.15, 0.2) is 0 Å². The van der Waals surface area contributed by atoms with Gasteiger partial charge in [-0.15, -0.1) is 0 Å². The van der Waals surface area contributed by atoms with E-state index in [2.05, 4.69) is 146 Å². The number of rotatable bonds is 7. The molecule has 0 amide bonds. The Bertz CT molecular complexity index is 2410. The molecule has 0 radical (unpaired) electrons. The number of phenols is 1. The first-order chi connectivity index (χ1) is 24.0. The Balaban J connectivity index is 1.25. The van der Waals surface area contributed by atoms with E-state index < -0.39 is 0 Å². The molecule has 8 rings (SSSR count). The van der Waals surface area contributed by atoms with Crippen LogP contribution in [0.25, 0.3) is 61.6 Å². The van der Waals surface area contributed by atoms with Crippen LogP contribution in [0.1, 0.15) is 25.0 Å². The van der Waals surface area contributed by atoms with E-state index in [1.165, 1.54) is 11.1 Å². The molecule has 0 aliphatic carbocycles. The standard InChI is InChI=1S/C45H35N3O/c1-45(2,35-17-7-4-8-18-35)36-23-25-37(26-24-36)48-41-21-12-20-38(43(41)47-44(48)39-19-9-10-22-42(39)49)33-15-11-16-34(29-33)40-30-32(27-28-46-40)31-13-5-3-6-14-31/h3-30,49H,1-2H3. The van der Waals surface area contributed by atoms with Crippen LogP contribution in [-0.4, -0.2) is 19.6 Å². The van der Waals surface area contributed by atoms with Crippen LogP contribution in [-0.2, 0) is 5.41 Å². The highest BCUT2D eigenvalue weighted by atomic mass is 16.3. The summed E-state index contributed by atoms with van der Waals surface area (Å²) >= 11 is 0. The van der Waals surface area contributed by atoms with E-state index in [0.717, 1.165) is 50.2 Å². The molecule has 0 unspecified atom stereocenters. The molecule has 49 heavy (non-hydrogen) atoms. The van der Waals surface area contributed by atoms with Crippen molar-refractivity contribution >= 4 is 11.0 Å². The monoisotopic (exact) mass is 633 g/mol. The molecule has 0 aliphatic rings. The quantitative estimate of drug-likeness (QED) is 0.190. The molecule has 6 aromatic carbocycles. The van der Waals surface area contributed by atoms with Gasteiger partial charge in [-0.25, -0.2) is 4.98 Å². The Morgan fingerprint density at radius 1 is 0.531 bits per heavy atom. The SMILES string of the molecule is CC(C)(c1ccccc1)c1ccc(-n2c(-c3ccccc3O)nc3c(-c4cccc(-c5cc(-c6ccccc6)ccn5)c4)cccc32)cc1. The minimum Gasteiger partial charge on any atom is -0.507 e. The normalized spacial score (nSPS) is 11.6. The lowest BCUT2D eigenvalue weighted by atomic mass is 9.78. The van der Waals surface area contributed by atoms with E-state index >= 15 is 0 Å². The maximum Gasteiger partial charge on any atom is 0.149 e. The molecule has 0 bridgehead atoms. The number of aromatic nitrogens is 3. The lowest BCUT2D eigenvalue weighted by molar-refractivity contribution is 0.477. The zero-order valence-corrected chi connectivity index (χ0v) is 27.5. The van der Waals surface area contributed by atoms with Crippen LogP contribution in [0.3, 0.4) is 0 Å². The third kappa shape index (κ3) is 5.57. The number of hydrogen-bond donors (Lipinski definition) is 1. The molecule has 4 heteroatoms. The van der Waals surface area contributed by atoms with E-state index in [1.54, 1.807) is 6.07 Å². The van der Waals surface area contributed by atoms with Crippen molar-refractivity contribution in [2.24, 2.45) is 0 Å². The number of pyridine rings is 1. The number of nitrogens with zero attached hydrogens (tertiary/aromatic N) is 3. The third-order valence-corrected chi connectivity index (χ3v) is 9.51. The molecule has 0 saturated carbocycles. The molecular weight excluding hydrogens is 599 g/mol. The summed E-state index contributed by atoms with van der Waals surface area (Å²) in [4.78, 5) is 9.99. The van der Waals surface area contributed by atoms with Crippen LogP contribution in [0.5, 0.6) is 5.75 Å². The van der Waals surface area contributed by atoms with E-state index in [4.69, 9.17) is 9.97 Å². The Labute approximate surface area is 286 Å². The van der Waals surface area contributed by atoms with Crippen molar-refractivity contribution in [1.29, 1.82) is 0 Å². The number of hydrogen-bond acceptors (Lipinski definition) is 3. The third-order valence-electron chi connectivity index (χ3n) is 9.51. The van der Waals surface area contributed by atoms with Gasteiger partial charge in [0.25, 0.3) is 0 Å². The second-order valence-electron chi connectivity index (χ2n) is 12.9. The smallest absolute Gasteiger partial charge is 0.149 e. The predicted molar refractivity (Wildman–Crippen MR) is 201 cm³/mol. The highest BCUT2D eigenvalue weighted by Gasteiger charge is 2.24. The Morgan fingerprint density at radius 2 is 1.16 bits per heavy atom. The first-order valence-corrected chi connectivity index (χ1v) is 16.6. The van der Waals surface area contributed by atoms with Gasteiger partial charge in [0.2, 0.25) is 0 Å². The van der Waals surface area contributed by atoms with Gasteiger partial charge in [-0.3, -0.25) is 9.55 Å². The van der Waals surface area contributed by atoms with Gasteiger partial charge in [0, 0.05) is 28.4 Å². The largest absolute Gasteiger partial charge is 0.507 e. The Morgan fingerprint density at radius 3 is 1.94 bits per heavy atom. The van der Waals surface area contributed by atoms with E-state index in [9.17, 15) is 5.11 Å². The van der Waals surface area contributed by atoms with Crippen LogP contribution in [0.2, 0.25) is 0 Å². The molecule has 0 atom stereocenters. The summed E-state index contributed by atoms with van der Waals surface area (Å²) in [7, 11) is 0. The molecule has 0 spiro atoms. The van der Waals surface area contributed by atoms with Gasteiger partial charge in [-0.2, -0.15) is 0 Å². The highest BCUT2D eigenvalue weighted by molar-refractivity contribution is 5.96. The van der Waals surface area contributed by atoms with Crippen LogP contribution in [0.15, 0.2) is 170 Å². The second-order valence-corrected chi connectivity index (χ2v) is 12.9. The molecule has 4 nitrogen and oxygen atoms in total. The molecule has 0 aliphatic heterocycles. The molecule has 236 valence electrons. The number of aromatic hydroxyl groups is 1. The maximum atomic E-state index is 11.0. The zero-order valence-electron chi connectivity index (χ0n) is 27.5. The number of imidazole rings is 1. The fraction of sp³-hybridized carbons (Fsp3) is 0.0667. The summed E-state index contributed by atoms with van der Waals surface area (Å²) in [5.74, 6) is 0.873. The molecule has 2 aromatic heterocycles. The maximum absolute atomic E-state index is 11.0. The van der Waals surface area contributed by atoms with E-state index in [-0.39, 0.29) is 11.2 Å². The van der Waals surface area contributed by atoms with Crippen molar-refractivity contribution in [2.75, 3.05) is 0 Å². The topological polar surface area (TPSA) is 50.9 Å².